The third-order valence-corrected chi connectivity index (χ3v) is 2.64. The number of amides is 1. The summed E-state index contributed by atoms with van der Waals surface area (Å²) in [5, 5.41) is 17.9. The van der Waals surface area contributed by atoms with Crippen molar-refractivity contribution in [3.8, 4) is 5.75 Å². The average molecular weight is 266 g/mol. The molecule has 6 heteroatoms. The van der Waals surface area contributed by atoms with E-state index in [2.05, 4.69) is 4.98 Å². The molecule has 0 unspecified atom stereocenters. The third kappa shape index (κ3) is 4.57. The van der Waals surface area contributed by atoms with Gasteiger partial charge in [0.25, 0.3) is 5.91 Å². The number of carboxylic acids is 1. The molecule has 0 aliphatic rings. The minimum atomic E-state index is -0.879. The predicted octanol–water partition coefficient (Wildman–Crippen LogP) is 1.50. The molecular formula is C13H18N2O4. The summed E-state index contributed by atoms with van der Waals surface area (Å²) >= 11 is 0. The Kier molecular flexibility index (Phi) is 5.29. The lowest BCUT2D eigenvalue weighted by Gasteiger charge is -2.26. The van der Waals surface area contributed by atoms with E-state index < -0.39 is 5.97 Å². The summed E-state index contributed by atoms with van der Waals surface area (Å²) in [6.07, 6.45) is 3.05. The van der Waals surface area contributed by atoms with Gasteiger partial charge >= 0.3 is 5.97 Å². The first-order chi connectivity index (χ1) is 8.91. The Balaban J connectivity index is 2.75. The molecule has 1 heterocycles. The molecule has 1 amide bonds. The highest BCUT2D eigenvalue weighted by Gasteiger charge is 2.19. The van der Waals surface area contributed by atoms with Gasteiger partial charge < -0.3 is 15.1 Å². The van der Waals surface area contributed by atoms with Crippen molar-refractivity contribution in [3.05, 3.63) is 24.0 Å². The van der Waals surface area contributed by atoms with Gasteiger partial charge in [-0.25, -0.2) is 0 Å². The minimum absolute atomic E-state index is 0.0226. The van der Waals surface area contributed by atoms with Crippen LogP contribution in [-0.2, 0) is 4.79 Å². The van der Waals surface area contributed by atoms with Crippen molar-refractivity contribution in [2.75, 3.05) is 6.54 Å². The van der Waals surface area contributed by atoms with Crippen LogP contribution in [0.2, 0.25) is 0 Å². The Morgan fingerprint density at radius 3 is 2.58 bits per heavy atom. The molecule has 104 valence electrons. The fourth-order valence-corrected chi connectivity index (χ4v) is 1.71. The van der Waals surface area contributed by atoms with Gasteiger partial charge in [-0.05, 0) is 26.3 Å². The van der Waals surface area contributed by atoms with Gasteiger partial charge in [-0.15, -0.1) is 0 Å². The van der Waals surface area contributed by atoms with Gasteiger partial charge in [0, 0.05) is 25.2 Å². The summed E-state index contributed by atoms with van der Waals surface area (Å²) < 4.78 is 0. The minimum Gasteiger partial charge on any atom is -0.506 e. The van der Waals surface area contributed by atoms with Crippen molar-refractivity contribution in [1.29, 1.82) is 0 Å². The molecule has 0 radical (unpaired) electrons. The van der Waals surface area contributed by atoms with E-state index in [-0.39, 0.29) is 24.1 Å². The summed E-state index contributed by atoms with van der Waals surface area (Å²) in [5.74, 6) is -1.21. The lowest BCUT2D eigenvalue weighted by atomic mass is 10.2. The quantitative estimate of drug-likeness (QED) is 0.814. The molecular weight excluding hydrogens is 248 g/mol. The Morgan fingerprint density at radius 1 is 1.37 bits per heavy atom. The molecule has 0 bridgehead atoms. The molecule has 2 N–H and O–H groups in total. The molecule has 6 nitrogen and oxygen atoms in total. The predicted molar refractivity (Wildman–Crippen MR) is 68.9 cm³/mol. The monoisotopic (exact) mass is 266 g/mol. The van der Waals surface area contributed by atoms with Crippen LogP contribution in [-0.4, -0.2) is 44.6 Å². The van der Waals surface area contributed by atoms with Crippen LogP contribution in [0.3, 0.4) is 0 Å². The van der Waals surface area contributed by atoms with Crippen LogP contribution >= 0.6 is 0 Å². The van der Waals surface area contributed by atoms with Crippen LogP contribution in [0.4, 0.5) is 0 Å². The van der Waals surface area contributed by atoms with Crippen LogP contribution in [0.25, 0.3) is 0 Å². The van der Waals surface area contributed by atoms with Gasteiger partial charge in [0.15, 0.2) is 0 Å². The zero-order valence-corrected chi connectivity index (χ0v) is 11.0. The van der Waals surface area contributed by atoms with E-state index in [0.717, 1.165) is 0 Å². The first kappa shape index (κ1) is 14.9. The lowest BCUT2D eigenvalue weighted by molar-refractivity contribution is -0.137. The van der Waals surface area contributed by atoms with Gasteiger partial charge in [-0.1, -0.05) is 0 Å². The number of hydrogen-bond donors (Lipinski definition) is 2. The average Bonchev–Trinajstić information content (AvgIpc) is 2.33. The van der Waals surface area contributed by atoms with Crippen molar-refractivity contribution in [2.24, 2.45) is 0 Å². The number of hydrogen-bond acceptors (Lipinski definition) is 4. The van der Waals surface area contributed by atoms with Crippen molar-refractivity contribution < 1.29 is 19.8 Å². The number of pyridine rings is 1. The number of aliphatic carboxylic acids is 1. The Hall–Kier alpha value is -2.11. The second kappa shape index (κ2) is 6.72. The van der Waals surface area contributed by atoms with E-state index in [1.165, 1.54) is 18.5 Å². The summed E-state index contributed by atoms with van der Waals surface area (Å²) in [4.78, 5) is 28.1. The van der Waals surface area contributed by atoms with Gasteiger partial charge in [0.2, 0.25) is 0 Å². The normalized spacial score (nSPS) is 10.5. The number of aromatic nitrogens is 1. The van der Waals surface area contributed by atoms with Crippen LogP contribution in [0.15, 0.2) is 18.5 Å². The van der Waals surface area contributed by atoms with Crippen molar-refractivity contribution in [3.63, 3.8) is 0 Å². The molecule has 0 saturated carbocycles. The topological polar surface area (TPSA) is 90.7 Å². The maximum atomic E-state index is 12.2. The summed E-state index contributed by atoms with van der Waals surface area (Å²) in [7, 11) is 0. The number of carbonyl (C=O) groups excluding carboxylic acids is 1. The van der Waals surface area contributed by atoms with Gasteiger partial charge in [0.05, 0.1) is 11.8 Å². The number of carboxylic acid groups (broad SMARTS) is 1. The second-order valence-corrected chi connectivity index (χ2v) is 4.52. The molecule has 0 spiro atoms. The number of carbonyl (C=O) groups is 2. The fourth-order valence-electron chi connectivity index (χ4n) is 1.71. The largest absolute Gasteiger partial charge is 0.506 e. The summed E-state index contributed by atoms with van der Waals surface area (Å²) in [6, 6.07) is 1.30. The summed E-state index contributed by atoms with van der Waals surface area (Å²) in [5.41, 5.74) is 0.295. The summed E-state index contributed by atoms with van der Waals surface area (Å²) in [6.45, 7) is 4.07. The molecule has 0 aliphatic heterocycles. The third-order valence-electron chi connectivity index (χ3n) is 2.64. The highest BCUT2D eigenvalue weighted by Crippen LogP contribution is 2.13. The molecule has 1 aromatic heterocycles. The molecule has 0 atom stereocenters. The van der Waals surface area contributed by atoms with Crippen molar-refractivity contribution in [1.82, 2.24) is 9.88 Å². The Morgan fingerprint density at radius 2 is 2.05 bits per heavy atom. The SMILES string of the molecule is CC(C)N(CCCC(=O)O)C(=O)c1cncc(O)c1. The van der Waals surface area contributed by atoms with Crippen molar-refractivity contribution in [2.45, 2.75) is 32.7 Å². The van der Waals surface area contributed by atoms with E-state index in [9.17, 15) is 14.7 Å². The van der Waals surface area contributed by atoms with Gasteiger partial charge in [-0.2, -0.15) is 0 Å². The standard InChI is InChI=1S/C13H18N2O4/c1-9(2)15(5-3-4-12(17)18)13(19)10-6-11(16)8-14-7-10/h6-9,16H,3-5H2,1-2H3,(H,17,18). The highest BCUT2D eigenvalue weighted by atomic mass is 16.4. The Bertz CT molecular complexity index is 460. The number of aromatic hydroxyl groups is 1. The number of rotatable bonds is 6. The van der Waals surface area contributed by atoms with E-state index >= 15 is 0 Å². The molecule has 0 saturated heterocycles. The highest BCUT2D eigenvalue weighted by molar-refractivity contribution is 5.94. The van der Waals surface area contributed by atoms with Crippen LogP contribution in [0.1, 0.15) is 37.0 Å². The molecule has 0 aliphatic carbocycles. The van der Waals surface area contributed by atoms with E-state index in [1.807, 2.05) is 13.8 Å². The zero-order chi connectivity index (χ0) is 14.4. The maximum absolute atomic E-state index is 12.2. The van der Waals surface area contributed by atoms with Crippen molar-refractivity contribution >= 4 is 11.9 Å². The molecule has 1 rings (SSSR count). The van der Waals surface area contributed by atoms with E-state index in [0.29, 0.717) is 18.5 Å². The zero-order valence-electron chi connectivity index (χ0n) is 11.0. The fraction of sp³-hybridized carbons (Fsp3) is 0.462. The molecule has 19 heavy (non-hydrogen) atoms. The first-order valence-corrected chi connectivity index (χ1v) is 6.08. The van der Waals surface area contributed by atoms with Crippen LogP contribution < -0.4 is 0 Å². The molecule has 0 fully saturated rings. The van der Waals surface area contributed by atoms with Crippen LogP contribution in [0.5, 0.6) is 5.75 Å². The maximum Gasteiger partial charge on any atom is 0.303 e. The van der Waals surface area contributed by atoms with E-state index in [1.54, 1.807) is 4.90 Å². The molecule has 1 aromatic rings. The second-order valence-electron chi connectivity index (χ2n) is 4.52. The lowest BCUT2D eigenvalue weighted by Crippen LogP contribution is -2.38. The number of nitrogens with zero attached hydrogens (tertiary/aromatic N) is 2. The smallest absolute Gasteiger partial charge is 0.303 e. The molecule has 0 aromatic carbocycles. The Labute approximate surface area is 111 Å². The van der Waals surface area contributed by atoms with E-state index in [4.69, 9.17) is 5.11 Å². The van der Waals surface area contributed by atoms with Gasteiger partial charge in [0.1, 0.15) is 5.75 Å². The van der Waals surface area contributed by atoms with Gasteiger partial charge in [-0.3, -0.25) is 14.6 Å². The first-order valence-electron chi connectivity index (χ1n) is 6.08. The van der Waals surface area contributed by atoms with Crippen LogP contribution in [0, 0.1) is 0 Å².